The van der Waals surface area contributed by atoms with Gasteiger partial charge < -0.3 is 21.1 Å². The van der Waals surface area contributed by atoms with E-state index in [9.17, 15) is 4.79 Å². The third-order valence-electron chi connectivity index (χ3n) is 5.36. The maximum absolute atomic E-state index is 12.0. The molecule has 0 unspecified atom stereocenters. The van der Waals surface area contributed by atoms with Gasteiger partial charge in [0.25, 0.3) is 5.91 Å². The van der Waals surface area contributed by atoms with Crippen molar-refractivity contribution >= 4 is 29.7 Å². The number of carbonyl (C=O) groups excluding carboxylic acids is 1. The Kier molecular flexibility index (Phi) is 8.10. The topological polar surface area (TPSA) is 138 Å². The predicted molar refractivity (Wildman–Crippen MR) is 137 cm³/mol. The van der Waals surface area contributed by atoms with Crippen LogP contribution in [0.2, 0.25) is 5.02 Å². The smallest absolute Gasteiger partial charge is 0.252 e. The van der Waals surface area contributed by atoms with E-state index in [0.717, 1.165) is 12.8 Å². The van der Waals surface area contributed by atoms with E-state index in [1.165, 1.54) is 12.4 Å². The average Bonchev–Trinajstić information content (AvgIpc) is 2.79. The van der Waals surface area contributed by atoms with Crippen molar-refractivity contribution in [1.29, 1.82) is 5.26 Å². The Labute approximate surface area is 210 Å². The van der Waals surface area contributed by atoms with Crippen LogP contribution in [0.5, 0.6) is 0 Å². The van der Waals surface area contributed by atoms with E-state index < -0.39 is 0 Å². The van der Waals surface area contributed by atoms with E-state index in [-0.39, 0.29) is 29.7 Å². The predicted octanol–water partition coefficient (Wildman–Crippen LogP) is 4.07. The second-order valence-electron chi connectivity index (χ2n) is 9.52. The number of allylic oxidation sites excluding steroid dienone is 1. The number of nitrogens with one attached hydrogen (secondary N) is 2. The lowest BCUT2D eigenvalue weighted by molar-refractivity contribution is -0.160. The molecule has 0 saturated carbocycles. The van der Waals surface area contributed by atoms with Gasteiger partial charge in [-0.1, -0.05) is 23.7 Å². The van der Waals surface area contributed by atoms with Crippen molar-refractivity contribution in [3.63, 3.8) is 0 Å². The Hall–Kier alpha value is -3.48. The van der Waals surface area contributed by atoms with E-state index >= 15 is 0 Å². The van der Waals surface area contributed by atoms with Gasteiger partial charge in [0.15, 0.2) is 0 Å². The van der Waals surface area contributed by atoms with Gasteiger partial charge in [-0.2, -0.15) is 5.26 Å². The van der Waals surface area contributed by atoms with Crippen LogP contribution in [0.25, 0.3) is 11.3 Å². The monoisotopic (exact) mass is 495 g/mol. The van der Waals surface area contributed by atoms with Crippen LogP contribution in [-0.4, -0.2) is 45.9 Å². The molecule has 0 spiro atoms. The molecule has 0 radical (unpaired) electrons. The van der Waals surface area contributed by atoms with Gasteiger partial charge in [-0.25, -0.2) is 9.97 Å². The molecule has 4 N–H and O–H groups in total. The largest absolute Gasteiger partial charge is 0.403 e. The average molecular weight is 496 g/mol. The lowest BCUT2D eigenvalue weighted by Gasteiger charge is -2.44. The Morgan fingerprint density at radius 1 is 1.29 bits per heavy atom. The molecule has 1 amide bonds. The lowest BCUT2D eigenvalue weighted by Crippen LogP contribution is -2.46. The summed E-state index contributed by atoms with van der Waals surface area (Å²) < 4.78 is 6.13. The summed E-state index contributed by atoms with van der Waals surface area (Å²) in [5.74, 6) is -0.0291. The summed E-state index contributed by atoms with van der Waals surface area (Å²) in [6.07, 6.45) is 6.20. The Bertz CT molecular complexity index is 1150. The standard InChI is InChI=1S/C25H30ClN7O2/c1-24(2)11-18(12-25(3,4)35-24)30-14-19(13-28)32-23-31-15-20(26)21(33-23)16-5-7-17(8-6-16)22(34)29-10-9-27/h5-8,13-15,18H,10-12,28H2,1-4H3,(H,29,34)(H,31,32,33). The van der Waals surface area contributed by atoms with E-state index in [1.807, 2.05) is 6.07 Å². The second-order valence-corrected chi connectivity index (χ2v) is 9.92. The number of benzene rings is 1. The zero-order valence-electron chi connectivity index (χ0n) is 20.3. The van der Waals surface area contributed by atoms with Crippen molar-refractivity contribution in [2.45, 2.75) is 57.8 Å². The van der Waals surface area contributed by atoms with E-state index in [4.69, 9.17) is 32.3 Å². The molecule has 9 nitrogen and oxygen atoms in total. The maximum atomic E-state index is 12.0. The first-order valence-corrected chi connectivity index (χ1v) is 11.6. The van der Waals surface area contributed by atoms with Crippen molar-refractivity contribution in [3.8, 4) is 17.3 Å². The zero-order valence-corrected chi connectivity index (χ0v) is 21.1. The van der Waals surface area contributed by atoms with Gasteiger partial charge in [-0.15, -0.1) is 0 Å². The summed E-state index contributed by atoms with van der Waals surface area (Å²) in [6, 6.07) is 8.71. The van der Waals surface area contributed by atoms with Crippen molar-refractivity contribution in [3.05, 3.63) is 52.9 Å². The molecule has 1 aromatic carbocycles. The van der Waals surface area contributed by atoms with Crippen LogP contribution in [0.1, 0.15) is 50.9 Å². The van der Waals surface area contributed by atoms with Crippen LogP contribution in [-0.2, 0) is 4.74 Å². The summed E-state index contributed by atoms with van der Waals surface area (Å²) in [4.78, 5) is 25.5. The third kappa shape index (κ3) is 7.25. The Morgan fingerprint density at radius 2 is 1.94 bits per heavy atom. The number of hydrogen-bond acceptors (Lipinski definition) is 8. The lowest BCUT2D eigenvalue weighted by atomic mass is 9.85. The molecular formula is C25H30ClN7O2. The first-order chi connectivity index (χ1) is 16.5. The molecule has 184 valence electrons. The third-order valence-corrected chi connectivity index (χ3v) is 5.64. The van der Waals surface area contributed by atoms with Crippen LogP contribution < -0.4 is 16.4 Å². The Balaban J connectivity index is 1.74. The maximum Gasteiger partial charge on any atom is 0.252 e. The van der Waals surface area contributed by atoms with Crippen molar-refractivity contribution < 1.29 is 9.53 Å². The van der Waals surface area contributed by atoms with Crippen LogP contribution in [0.3, 0.4) is 0 Å². The summed E-state index contributed by atoms with van der Waals surface area (Å²) in [6.45, 7) is 8.23. The van der Waals surface area contributed by atoms with Crippen molar-refractivity contribution in [2.24, 2.45) is 10.7 Å². The first-order valence-electron chi connectivity index (χ1n) is 11.2. The molecule has 10 heteroatoms. The molecule has 1 fully saturated rings. The molecular weight excluding hydrogens is 466 g/mol. The molecule has 3 rings (SSSR count). The van der Waals surface area contributed by atoms with Gasteiger partial charge in [0.05, 0.1) is 45.9 Å². The molecule has 2 aromatic rings. The van der Waals surface area contributed by atoms with Gasteiger partial charge in [-0.05, 0) is 52.7 Å². The molecule has 0 bridgehead atoms. The first kappa shape index (κ1) is 26.1. The minimum atomic E-state index is -0.331. The number of ether oxygens (including phenoxy) is 1. The quantitative estimate of drug-likeness (QED) is 0.388. The number of nitrogens with zero attached hydrogens (tertiary/aromatic N) is 4. The van der Waals surface area contributed by atoms with Gasteiger partial charge >= 0.3 is 0 Å². The SMILES string of the molecule is CC1(C)CC(N=CC(=CN)Nc2ncc(Cl)c(-c3ccc(C(=O)NCC#N)cc3)n2)CC(C)(C)O1. The summed E-state index contributed by atoms with van der Waals surface area (Å²) in [7, 11) is 0. The number of carbonyl (C=O) groups is 1. The highest BCUT2D eigenvalue weighted by molar-refractivity contribution is 6.32. The Morgan fingerprint density at radius 3 is 2.54 bits per heavy atom. The minimum absolute atomic E-state index is 0.0578. The van der Waals surface area contributed by atoms with Crippen LogP contribution in [0, 0.1) is 11.3 Å². The number of hydrogen-bond donors (Lipinski definition) is 3. The van der Waals surface area contributed by atoms with Crippen LogP contribution in [0.4, 0.5) is 5.95 Å². The number of halogens is 1. The molecule has 0 aliphatic carbocycles. The number of anilines is 1. The van der Waals surface area contributed by atoms with Gasteiger partial charge in [-0.3, -0.25) is 9.79 Å². The van der Waals surface area contributed by atoms with Gasteiger partial charge in [0, 0.05) is 23.5 Å². The van der Waals surface area contributed by atoms with Crippen molar-refractivity contribution in [1.82, 2.24) is 15.3 Å². The van der Waals surface area contributed by atoms with Crippen LogP contribution in [0.15, 0.2) is 47.4 Å². The van der Waals surface area contributed by atoms with E-state index in [2.05, 4.69) is 48.3 Å². The molecule has 1 aliphatic heterocycles. The summed E-state index contributed by atoms with van der Waals surface area (Å²) in [5.41, 5.74) is 7.47. The van der Waals surface area contributed by atoms with E-state index in [1.54, 1.807) is 30.5 Å². The fourth-order valence-electron chi connectivity index (χ4n) is 4.21. The molecule has 35 heavy (non-hydrogen) atoms. The minimum Gasteiger partial charge on any atom is -0.403 e. The second kappa shape index (κ2) is 10.8. The summed E-state index contributed by atoms with van der Waals surface area (Å²) in [5, 5.41) is 14.5. The molecule has 0 atom stereocenters. The fraction of sp³-hybridized carbons (Fsp3) is 0.400. The fourth-order valence-corrected chi connectivity index (χ4v) is 4.41. The van der Waals surface area contributed by atoms with Gasteiger partial charge in [0.1, 0.15) is 6.54 Å². The number of amides is 1. The van der Waals surface area contributed by atoms with Crippen molar-refractivity contribution in [2.75, 3.05) is 11.9 Å². The molecule has 2 heterocycles. The van der Waals surface area contributed by atoms with E-state index in [0.29, 0.717) is 33.5 Å². The number of nitriles is 1. The zero-order chi connectivity index (χ0) is 25.6. The number of nitrogens with two attached hydrogens (primary N) is 1. The highest BCUT2D eigenvalue weighted by Gasteiger charge is 2.39. The highest BCUT2D eigenvalue weighted by Crippen LogP contribution is 2.36. The molecule has 1 aliphatic rings. The van der Waals surface area contributed by atoms with Gasteiger partial charge in [0.2, 0.25) is 5.95 Å². The highest BCUT2D eigenvalue weighted by atomic mass is 35.5. The normalized spacial score (nSPS) is 17.7. The molecule has 1 aromatic heterocycles. The van der Waals surface area contributed by atoms with Crippen LogP contribution >= 0.6 is 11.6 Å². The number of aromatic nitrogens is 2. The summed E-state index contributed by atoms with van der Waals surface area (Å²) >= 11 is 6.34. The molecule has 1 saturated heterocycles. The number of aliphatic imine (C=N–C) groups is 1. The number of rotatable bonds is 7.